The van der Waals surface area contributed by atoms with E-state index in [0.717, 1.165) is 12.1 Å². The number of methoxy groups -OCH3 is 1. The predicted octanol–water partition coefficient (Wildman–Crippen LogP) is 3.49. The highest BCUT2D eigenvalue weighted by molar-refractivity contribution is 6.01. The lowest BCUT2D eigenvalue weighted by molar-refractivity contribution is -0.137. The first-order chi connectivity index (χ1) is 14.8. The number of nitrogens with zero attached hydrogens (tertiary/aromatic N) is 3. The van der Waals surface area contributed by atoms with E-state index in [1.54, 1.807) is 24.3 Å². The largest absolute Gasteiger partial charge is 0.497 e. The van der Waals surface area contributed by atoms with Crippen LogP contribution in [0.2, 0.25) is 0 Å². The Kier molecular flexibility index (Phi) is 5.09. The Bertz CT molecular complexity index is 1140. The zero-order valence-corrected chi connectivity index (χ0v) is 16.1. The summed E-state index contributed by atoms with van der Waals surface area (Å²) >= 11 is 0. The molecule has 8 nitrogen and oxygen atoms in total. The van der Waals surface area contributed by atoms with Crippen LogP contribution < -0.4 is 15.4 Å². The lowest BCUT2D eigenvalue weighted by Crippen LogP contribution is -2.36. The second-order valence-corrected chi connectivity index (χ2v) is 6.73. The van der Waals surface area contributed by atoms with Crippen LogP contribution in [0.15, 0.2) is 48.5 Å². The third-order valence-corrected chi connectivity index (χ3v) is 4.70. The summed E-state index contributed by atoms with van der Waals surface area (Å²) in [5.74, 6) is -0.398. The number of amides is 2. The van der Waals surface area contributed by atoms with Crippen LogP contribution in [0, 0.1) is 0 Å². The van der Waals surface area contributed by atoms with Gasteiger partial charge in [-0.3, -0.25) is 14.9 Å². The summed E-state index contributed by atoms with van der Waals surface area (Å²) < 4.78 is 46.0. The molecular formula is C20H16F3N5O3. The van der Waals surface area contributed by atoms with Crippen LogP contribution in [0.4, 0.5) is 24.8 Å². The van der Waals surface area contributed by atoms with Gasteiger partial charge in [-0.2, -0.15) is 18.2 Å². The molecule has 4 rings (SSSR count). The van der Waals surface area contributed by atoms with Gasteiger partial charge in [0, 0.05) is 5.56 Å². The van der Waals surface area contributed by atoms with Crippen molar-refractivity contribution in [3.63, 3.8) is 0 Å². The maximum absolute atomic E-state index is 13.2. The zero-order chi connectivity index (χ0) is 22.2. The number of carbonyl (C=O) groups excluding carboxylic acids is 2. The van der Waals surface area contributed by atoms with Gasteiger partial charge in [-0.25, -0.2) is 4.68 Å². The normalized spacial score (nSPS) is 15.7. The first kappa shape index (κ1) is 20.4. The van der Waals surface area contributed by atoms with Crippen LogP contribution >= 0.6 is 0 Å². The molecule has 0 bridgehead atoms. The number of hydrogen-bond acceptors (Lipinski definition) is 5. The van der Waals surface area contributed by atoms with Crippen molar-refractivity contribution in [3.8, 4) is 17.1 Å². The van der Waals surface area contributed by atoms with E-state index in [9.17, 15) is 22.8 Å². The number of anilines is 2. The van der Waals surface area contributed by atoms with Gasteiger partial charge in [0.1, 0.15) is 11.8 Å². The number of para-hydroxylation sites is 1. The molecule has 11 heteroatoms. The molecule has 1 aliphatic rings. The van der Waals surface area contributed by atoms with Crippen molar-refractivity contribution in [2.45, 2.75) is 18.6 Å². The molecule has 31 heavy (non-hydrogen) atoms. The third kappa shape index (κ3) is 4.06. The van der Waals surface area contributed by atoms with Gasteiger partial charge in [0.15, 0.2) is 5.82 Å². The fourth-order valence-corrected chi connectivity index (χ4v) is 3.19. The minimum atomic E-state index is -4.65. The molecule has 160 valence electrons. The van der Waals surface area contributed by atoms with E-state index >= 15 is 0 Å². The summed E-state index contributed by atoms with van der Waals surface area (Å²) in [5.41, 5.74) is -0.775. The highest BCUT2D eigenvalue weighted by Crippen LogP contribution is 2.35. The lowest BCUT2D eigenvalue weighted by Gasteiger charge is -2.23. The zero-order valence-electron chi connectivity index (χ0n) is 16.1. The second-order valence-electron chi connectivity index (χ2n) is 6.73. The van der Waals surface area contributed by atoms with Gasteiger partial charge < -0.3 is 10.1 Å². The highest BCUT2D eigenvalue weighted by Gasteiger charge is 2.36. The topological polar surface area (TPSA) is 98.1 Å². The first-order valence-electron chi connectivity index (χ1n) is 9.14. The summed E-state index contributed by atoms with van der Waals surface area (Å²) in [6.45, 7) is 0. The molecule has 0 spiro atoms. The smallest absolute Gasteiger partial charge is 0.418 e. The van der Waals surface area contributed by atoms with Gasteiger partial charge in [-0.05, 0) is 36.4 Å². The molecule has 0 fully saturated rings. The van der Waals surface area contributed by atoms with Gasteiger partial charge in [0.25, 0.3) is 0 Å². The van der Waals surface area contributed by atoms with Gasteiger partial charge in [-0.15, -0.1) is 5.10 Å². The first-order valence-corrected chi connectivity index (χ1v) is 9.14. The van der Waals surface area contributed by atoms with Crippen molar-refractivity contribution in [2.24, 2.45) is 0 Å². The molecule has 2 amide bonds. The number of fused-ring (bicyclic) bond motifs is 1. The summed E-state index contributed by atoms with van der Waals surface area (Å²) in [5, 5.41) is 9.08. The van der Waals surface area contributed by atoms with E-state index in [1.807, 2.05) is 0 Å². The summed E-state index contributed by atoms with van der Waals surface area (Å²) in [7, 11) is 1.53. The Morgan fingerprint density at radius 2 is 1.90 bits per heavy atom. The quantitative estimate of drug-likeness (QED) is 0.659. The number of carbonyl (C=O) groups is 2. The minimum Gasteiger partial charge on any atom is -0.497 e. The fraction of sp³-hybridized carbons (Fsp3) is 0.200. The van der Waals surface area contributed by atoms with Crippen molar-refractivity contribution >= 4 is 23.5 Å². The molecule has 3 aromatic rings. The van der Waals surface area contributed by atoms with Crippen LogP contribution in [0.3, 0.4) is 0 Å². The van der Waals surface area contributed by atoms with Crippen LogP contribution in [0.5, 0.6) is 5.75 Å². The molecule has 0 radical (unpaired) electrons. The van der Waals surface area contributed by atoms with Gasteiger partial charge in [0.05, 0.1) is 24.8 Å². The number of hydrogen-bond donors (Lipinski definition) is 2. The molecule has 1 atom stereocenters. The lowest BCUT2D eigenvalue weighted by atomic mass is 10.1. The molecule has 2 heterocycles. The highest BCUT2D eigenvalue weighted by atomic mass is 19.4. The average Bonchev–Trinajstić information content (AvgIpc) is 3.16. The number of benzene rings is 2. The standard InChI is InChI=1S/C20H16F3N5O3/c1-31-12-8-6-11(7-9-12)17-26-19-25-16(29)10-15(28(19)27-17)18(30)24-14-5-3-2-4-13(14)20(21,22)23/h2-9,15H,10H2,1H3,(H,24,30)(H,25,26,27,29)/t15-/m1/s1. The molecular weight excluding hydrogens is 415 g/mol. The molecule has 1 aromatic heterocycles. The average molecular weight is 431 g/mol. The van der Waals surface area contributed by atoms with E-state index < -0.39 is 35.3 Å². The molecule has 2 N–H and O–H groups in total. The molecule has 0 saturated heterocycles. The monoisotopic (exact) mass is 431 g/mol. The van der Waals surface area contributed by atoms with Crippen molar-refractivity contribution in [3.05, 3.63) is 54.1 Å². The number of rotatable bonds is 4. The fourth-order valence-electron chi connectivity index (χ4n) is 3.19. The maximum Gasteiger partial charge on any atom is 0.418 e. The summed E-state index contributed by atoms with van der Waals surface area (Å²) in [6, 6.07) is 10.3. The van der Waals surface area contributed by atoms with E-state index in [4.69, 9.17) is 4.74 Å². The van der Waals surface area contributed by atoms with Crippen molar-refractivity contribution in [1.82, 2.24) is 14.8 Å². The van der Waals surface area contributed by atoms with Crippen LogP contribution in [0.25, 0.3) is 11.4 Å². The van der Waals surface area contributed by atoms with Gasteiger partial charge in [-0.1, -0.05) is 12.1 Å². The number of aromatic nitrogens is 3. The predicted molar refractivity (Wildman–Crippen MR) is 104 cm³/mol. The Labute approximate surface area is 174 Å². The number of halogens is 3. The maximum atomic E-state index is 13.2. The number of ether oxygens (including phenoxy) is 1. The van der Waals surface area contributed by atoms with E-state index in [2.05, 4.69) is 20.7 Å². The van der Waals surface area contributed by atoms with Crippen molar-refractivity contribution in [2.75, 3.05) is 17.7 Å². The summed E-state index contributed by atoms with van der Waals surface area (Å²) in [6.07, 6.45) is -4.94. The molecule has 0 saturated carbocycles. The minimum absolute atomic E-state index is 0.0336. The molecule has 1 aliphatic heterocycles. The Morgan fingerprint density at radius 3 is 2.58 bits per heavy atom. The van der Waals surface area contributed by atoms with Crippen LogP contribution in [0.1, 0.15) is 18.0 Å². The van der Waals surface area contributed by atoms with Gasteiger partial charge in [0.2, 0.25) is 17.8 Å². The van der Waals surface area contributed by atoms with Crippen molar-refractivity contribution in [1.29, 1.82) is 0 Å². The van der Waals surface area contributed by atoms with E-state index in [-0.39, 0.29) is 18.2 Å². The van der Waals surface area contributed by atoms with Crippen LogP contribution in [-0.4, -0.2) is 33.7 Å². The summed E-state index contributed by atoms with van der Waals surface area (Å²) in [4.78, 5) is 29.1. The van der Waals surface area contributed by atoms with Crippen LogP contribution in [-0.2, 0) is 15.8 Å². The molecule has 0 unspecified atom stereocenters. The Morgan fingerprint density at radius 1 is 1.19 bits per heavy atom. The number of nitrogens with one attached hydrogen (secondary N) is 2. The van der Waals surface area contributed by atoms with Crippen molar-refractivity contribution < 1.29 is 27.5 Å². The Balaban J connectivity index is 1.64. The molecule has 0 aliphatic carbocycles. The van der Waals surface area contributed by atoms with E-state index in [1.165, 1.54) is 23.9 Å². The Hall–Kier alpha value is -3.89. The molecule has 2 aromatic carbocycles. The van der Waals surface area contributed by atoms with E-state index in [0.29, 0.717) is 11.3 Å². The second kappa shape index (κ2) is 7.74. The third-order valence-electron chi connectivity index (χ3n) is 4.70. The SMILES string of the molecule is COc1ccc(-c2nc3n(n2)[C@@H](C(=O)Nc2ccccc2C(F)(F)F)CC(=O)N3)cc1. The number of alkyl halides is 3. The van der Waals surface area contributed by atoms with Gasteiger partial charge >= 0.3 is 6.18 Å².